The molecule has 24 heavy (non-hydrogen) atoms. The standard InChI is InChI=1S/C18H26FN3O2/c1-2-20-18(21-12-14-6-3-4-7-15(14)19)22-9-11-24-17(13-22)16-8-5-10-23-16/h3-4,6-7,16-17H,2,5,8-13H2,1H3,(H,20,21). The quantitative estimate of drug-likeness (QED) is 0.677. The third-order valence-corrected chi connectivity index (χ3v) is 4.46. The van der Waals surface area contributed by atoms with Gasteiger partial charge < -0.3 is 19.7 Å². The van der Waals surface area contributed by atoms with Crippen LogP contribution in [-0.2, 0) is 16.0 Å². The lowest BCUT2D eigenvalue weighted by atomic mass is 10.1. The highest BCUT2D eigenvalue weighted by Gasteiger charge is 2.32. The number of hydrogen-bond acceptors (Lipinski definition) is 3. The fraction of sp³-hybridized carbons (Fsp3) is 0.611. The highest BCUT2D eigenvalue weighted by Crippen LogP contribution is 2.21. The molecular formula is C18H26FN3O2. The molecule has 2 aliphatic rings. The Morgan fingerprint density at radius 2 is 2.12 bits per heavy atom. The zero-order valence-electron chi connectivity index (χ0n) is 14.2. The second-order valence-corrected chi connectivity index (χ2v) is 6.17. The van der Waals surface area contributed by atoms with Crippen LogP contribution in [0, 0.1) is 5.82 Å². The summed E-state index contributed by atoms with van der Waals surface area (Å²) in [6.45, 7) is 6.17. The average Bonchev–Trinajstić information content (AvgIpc) is 3.15. The number of nitrogens with zero attached hydrogens (tertiary/aromatic N) is 2. The third-order valence-electron chi connectivity index (χ3n) is 4.46. The summed E-state index contributed by atoms with van der Waals surface area (Å²) in [6.07, 6.45) is 2.42. The first-order valence-corrected chi connectivity index (χ1v) is 8.78. The molecule has 0 aromatic heterocycles. The topological polar surface area (TPSA) is 46.1 Å². The summed E-state index contributed by atoms with van der Waals surface area (Å²) in [7, 11) is 0. The molecule has 5 nitrogen and oxygen atoms in total. The van der Waals surface area contributed by atoms with Crippen molar-refractivity contribution in [2.24, 2.45) is 4.99 Å². The SMILES string of the molecule is CCNC(=NCc1ccccc1F)N1CCOC(C2CCCO2)C1. The maximum absolute atomic E-state index is 13.8. The van der Waals surface area contributed by atoms with E-state index in [1.165, 1.54) is 6.07 Å². The molecule has 2 fully saturated rings. The normalized spacial score (nSPS) is 25.1. The first kappa shape index (κ1) is 17.2. The van der Waals surface area contributed by atoms with Gasteiger partial charge in [0.2, 0.25) is 0 Å². The summed E-state index contributed by atoms with van der Waals surface area (Å²) in [5.41, 5.74) is 0.608. The fourth-order valence-corrected chi connectivity index (χ4v) is 3.20. The van der Waals surface area contributed by atoms with E-state index in [9.17, 15) is 4.39 Å². The van der Waals surface area contributed by atoms with Gasteiger partial charge in [-0.1, -0.05) is 18.2 Å². The molecule has 6 heteroatoms. The molecule has 0 radical (unpaired) electrons. The Hall–Kier alpha value is -1.66. The first-order valence-electron chi connectivity index (χ1n) is 8.78. The Bertz CT molecular complexity index is 561. The van der Waals surface area contributed by atoms with Crippen molar-refractivity contribution in [1.82, 2.24) is 10.2 Å². The van der Waals surface area contributed by atoms with Gasteiger partial charge in [-0.25, -0.2) is 9.38 Å². The predicted molar refractivity (Wildman–Crippen MR) is 91.5 cm³/mol. The molecule has 2 aliphatic heterocycles. The Morgan fingerprint density at radius 1 is 1.29 bits per heavy atom. The molecular weight excluding hydrogens is 309 g/mol. The summed E-state index contributed by atoms with van der Waals surface area (Å²) in [5.74, 6) is 0.600. The number of ether oxygens (including phenoxy) is 2. The van der Waals surface area contributed by atoms with E-state index in [1.807, 2.05) is 13.0 Å². The second kappa shape index (κ2) is 8.44. The van der Waals surface area contributed by atoms with Crippen molar-refractivity contribution < 1.29 is 13.9 Å². The number of morpholine rings is 1. The van der Waals surface area contributed by atoms with Crippen LogP contribution in [0.5, 0.6) is 0 Å². The molecule has 0 amide bonds. The van der Waals surface area contributed by atoms with Crippen LogP contribution in [0.1, 0.15) is 25.3 Å². The van der Waals surface area contributed by atoms with Gasteiger partial charge in [0.25, 0.3) is 0 Å². The van der Waals surface area contributed by atoms with E-state index >= 15 is 0 Å². The lowest BCUT2D eigenvalue weighted by Gasteiger charge is -2.37. The lowest BCUT2D eigenvalue weighted by Crippen LogP contribution is -2.53. The van der Waals surface area contributed by atoms with Crippen LogP contribution in [0.4, 0.5) is 4.39 Å². The molecule has 0 bridgehead atoms. The van der Waals surface area contributed by atoms with Gasteiger partial charge in [-0.2, -0.15) is 0 Å². The van der Waals surface area contributed by atoms with Crippen molar-refractivity contribution >= 4 is 5.96 Å². The Morgan fingerprint density at radius 3 is 2.88 bits per heavy atom. The van der Waals surface area contributed by atoms with Crippen molar-refractivity contribution in [1.29, 1.82) is 0 Å². The minimum atomic E-state index is -0.212. The summed E-state index contributed by atoms with van der Waals surface area (Å²) in [5, 5.41) is 3.31. The highest BCUT2D eigenvalue weighted by atomic mass is 19.1. The van der Waals surface area contributed by atoms with Gasteiger partial charge in [0.05, 0.1) is 19.3 Å². The maximum atomic E-state index is 13.8. The summed E-state index contributed by atoms with van der Waals surface area (Å²) in [6, 6.07) is 6.78. The number of rotatable bonds is 4. The number of halogens is 1. The lowest BCUT2D eigenvalue weighted by molar-refractivity contribution is -0.0817. The highest BCUT2D eigenvalue weighted by molar-refractivity contribution is 5.80. The molecule has 1 N–H and O–H groups in total. The van der Waals surface area contributed by atoms with Crippen LogP contribution in [-0.4, -0.2) is 55.9 Å². The molecule has 0 saturated carbocycles. The molecule has 3 rings (SSSR count). The molecule has 2 atom stereocenters. The molecule has 2 saturated heterocycles. The van der Waals surface area contributed by atoms with Crippen LogP contribution in [0.15, 0.2) is 29.3 Å². The number of hydrogen-bond donors (Lipinski definition) is 1. The largest absolute Gasteiger partial charge is 0.375 e. The van der Waals surface area contributed by atoms with Crippen LogP contribution in [0.3, 0.4) is 0 Å². The first-order chi connectivity index (χ1) is 11.8. The van der Waals surface area contributed by atoms with E-state index in [2.05, 4.69) is 15.2 Å². The Kier molecular flexibility index (Phi) is 6.04. The van der Waals surface area contributed by atoms with E-state index in [4.69, 9.17) is 9.47 Å². The Labute approximate surface area is 142 Å². The zero-order chi connectivity index (χ0) is 16.8. The van der Waals surface area contributed by atoms with Crippen molar-refractivity contribution in [2.75, 3.05) is 32.8 Å². The van der Waals surface area contributed by atoms with E-state index in [0.717, 1.165) is 45.0 Å². The fourth-order valence-electron chi connectivity index (χ4n) is 3.20. The molecule has 132 valence electrons. The molecule has 2 unspecified atom stereocenters. The summed E-state index contributed by atoms with van der Waals surface area (Å²) >= 11 is 0. The monoisotopic (exact) mass is 335 g/mol. The van der Waals surface area contributed by atoms with Crippen molar-refractivity contribution in [2.45, 2.75) is 38.5 Å². The third kappa shape index (κ3) is 4.24. The van der Waals surface area contributed by atoms with Crippen molar-refractivity contribution in [3.63, 3.8) is 0 Å². The van der Waals surface area contributed by atoms with Crippen molar-refractivity contribution in [3.8, 4) is 0 Å². The second-order valence-electron chi connectivity index (χ2n) is 6.17. The average molecular weight is 335 g/mol. The van der Waals surface area contributed by atoms with E-state index in [-0.39, 0.29) is 18.0 Å². The van der Waals surface area contributed by atoms with Crippen LogP contribution >= 0.6 is 0 Å². The van der Waals surface area contributed by atoms with Gasteiger partial charge in [0, 0.05) is 31.8 Å². The van der Waals surface area contributed by atoms with E-state index in [1.54, 1.807) is 12.1 Å². The molecule has 0 spiro atoms. The number of nitrogens with one attached hydrogen (secondary N) is 1. The van der Waals surface area contributed by atoms with E-state index in [0.29, 0.717) is 18.7 Å². The molecule has 1 aromatic carbocycles. The zero-order valence-corrected chi connectivity index (χ0v) is 14.2. The van der Waals surface area contributed by atoms with Crippen LogP contribution < -0.4 is 5.32 Å². The van der Waals surface area contributed by atoms with Gasteiger partial charge in [0.15, 0.2) is 5.96 Å². The molecule has 1 aromatic rings. The minimum Gasteiger partial charge on any atom is -0.375 e. The number of aliphatic imine (C=N–C) groups is 1. The summed E-state index contributed by atoms with van der Waals surface area (Å²) in [4.78, 5) is 6.82. The van der Waals surface area contributed by atoms with Crippen LogP contribution in [0.2, 0.25) is 0 Å². The van der Waals surface area contributed by atoms with Gasteiger partial charge in [0.1, 0.15) is 11.9 Å². The number of benzene rings is 1. The minimum absolute atomic E-state index is 0.0820. The van der Waals surface area contributed by atoms with Gasteiger partial charge in [-0.3, -0.25) is 0 Å². The summed E-state index contributed by atoms with van der Waals surface area (Å²) < 4.78 is 25.5. The maximum Gasteiger partial charge on any atom is 0.194 e. The Balaban J connectivity index is 1.67. The van der Waals surface area contributed by atoms with Crippen LogP contribution in [0.25, 0.3) is 0 Å². The van der Waals surface area contributed by atoms with Crippen molar-refractivity contribution in [3.05, 3.63) is 35.6 Å². The smallest absolute Gasteiger partial charge is 0.194 e. The van der Waals surface area contributed by atoms with E-state index < -0.39 is 0 Å². The number of guanidine groups is 1. The van der Waals surface area contributed by atoms with Gasteiger partial charge in [-0.05, 0) is 25.8 Å². The van der Waals surface area contributed by atoms with Gasteiger partial charge >= 0.3 is 0 Å². The predicted octanol–water partition coefficient (Wildman–Crippen LogP) is 2.17. The molecule has 0 aliphatic carbocycles. The molecule has 2 heterocycles. The van der Waals surface area contributed by atoms with Gasteiger partial charge in [-0.15, -0.1) is 0 Å².